The number of hydrogen-bond donors (Lipinski definition) is 0. The molecule has 3 aromatic carbocycles. The molecular formula is C39H36N2. The first kappa shape index (κ1) is 27.5. The highest BCUT2D eigenvalue weighted by Gasteiger charge is 2.16. The van der Waals surface area contributed by atoms with Crippen molar-refractivity contribution in [2.45, 2.75) is 20.8 Å². The molecule has 0 aliphatic rings. The number of allylic oxidation sites excluding steroid dienone is 5. The van der Waals surface area contributed by atoms with E-state index in [2.05, 4.69) is 145 Å². The lowest BCUT2D eigenvalue weighted by atomic mass is 10.0. The van der Waals surface area contributed by atoms with Gasteiger partial charge in [0.1, 0.15) is 0 Å². The van der Waals surface area contributed by atoms with Crippen LogP contribution in [0.4, 0.5) is 0 Å². The van der Waals surface area contributed by atoms with Crippen LogP contribution in [-0.2, 0) is 0 Å². The Morgan fingerprint density at radius 2 is 1.27 bits per heavy atom. The Morgan fingerprint density at radius 3 is 1.95 bits per heavy atom. The predicted molar refractivity (Wildman–Crippen MR) is 181 cm³/mol. The van der Waals surface area contributed by atoms with E-state index >= 15 is 0 Å². The van der Waals surface area contributed by atoms with E-state index in [9.17, 15) is 0 Å². The fourth-order valence-corrected chi connectivity index (χ4v) is 5.48. The predicted octanol–water partition coefficient (Wildman–Crippen LogP) is 11.0. The summed E-state index contributed by atoms with van der Waals surface area (Å²) in [5.74, 6) is 0. The van der Waals surface area contributed by atoms with Crippen LogP contribution in [0.25, 0.3) is 63.8 Å². The Hall–Kier alpha value is -5.08. The fourth-order valence-electron chi connectivity index (χ4n) is 5.48. The van der Waals surface area contributed by atoms with Gasteiger partial charge in [0.2, 0.25) is 0 Å². The summed E-state index contributed by atoms with van der Waals surface area (Å²) in [5, 5.41) is 1.20. The van der Waals surface area contributed by atoms with Gasteiger partial charge in [-0.05, 0) is 74.4 Å². The Kier molecular flexibility index (Phi) is 8.31. The Labute approximate surface area is 243 Å². The summed E-state index contributed by atoms with van der Waals surface area (Å²) in [6.45, 7) is 14.4. The van der Waals surface area contributed by atoms with Crippen molar-refractivity contribution in [3.8, 4) is 22.5 Å². The molecule has 0 atom stereocenters. The van der Waals surface area contributed by atoms with Crippen LogP contribution in [0.5, 0.6) is 0 Å². The van der Waals surface area contributed by atoms with Gasteiger partial charge in [-0.1, -0.05) is 104 Å². The van der Waals surface area contributed by atoms with Gasteiger partial charge >= 0.3 is 0 Å². The summed E-state index contributed by atoms with van der Waals surface area (Å²) in [5.41, 5.74) is 11.3. The van der Waals surface area contributed by atoms with E-state index in [1.807, 2.05) is 38.2 Å². The summed E-state index contributed by atoms with van der Waals surface area (Å²) in [4.78, 5) is 0. The SMILES string of the molecule is C=Cc1c(/C=C\C=C/C)cn(-c2cccc(-c3cccc(-n4c(/C=C\C)c(C=C)c5ccccc54)c3)c2)c1/C=C\C. The molecule has 0 aliphatic heterocycles. The summed E-state index contributed by atoms with van der Waals surface area (Å²) in [6.07, 6.45) is 22.8. The summed E-state index contributed by atoms with van der Waals surface area (Å²) in [6, 6.07) is 26.0. The lowest BCUT2D eigenvalue weighted by Gasteiger charge is -2.13. The van der Waals surface area contributed by atoms with E-state index in [0.717, 1.165) is 50.6 Å². The third kappa shape index (κ3) is 5.25. The Bertz CT molecular complexity index is 1850. The lowest BCUT2D eigenvalue weighted by Crippen LogP contribution is -1.98. The molecule has 5 aromatic rings. The first-order valence-corrected chi connectivity index (χ1v) is 14.0. The molecule has 0 fully saturated rings. The number of rotatable bonds is 9. The average Bonchev–Trinajstić information content (AvgIpc) is 3.52. The van der Waals surface area contributed by atoms with Crippen molar-refractivity contribution in [2.75, 3.05) is 0 Å². The highest BCUT2D eigenvalue weighted by Crippen LogP contribution is 2.34. The van der Waals surface area contributed by atoms with Gasteiger partial charge in [0.05, 0.1) is 16.9 Å². The summed E-state index contributed by atoms with van der Waals surface area (Å²) in [7, 11) is 0. The van der Waals surface area contributed by atoms with Crippen LogP contribution >= 0.6 is 0 Å². The van der Waals surface area contributed by atoms with Crippen LogP contribution in [0.2, 0.25) is 0 Å². The van der Waals surface area contributed by atoms with Gasteiger partial charge in [0, 0.05) is 39.6 Å². The molecule has 0 unspecified atom stereocenters. The molecule has 0 bridgehead atoms. The molecule has 0 amide bonds. The van der Waals surface area contributed by atoms with Crippen molar-refractivity contribution in [1.82, 2.24) is 9.13 Å². The minimum absolute atomic E-state index is 1.10. The molecular weight excluding hydrogens is 496 g/mol. The Morgan fingerprint density at radius 1 is 0.610 bits per heavy atom. The third-order valence-electron chi connectivity index (χ3n) is 7.27. The fraction of sp³-hybridized carbons (Fsp3) is 0.0769. The van der Waals surface area contributed by atoms with Crippen LogP contribution in [0.3, 0.4) is 0 Å². The number of nitrogens with zero attached hydrogens (tertiary/aromatic N) is 2. The van der Waals surface area contributed by atoms with E-state index in [0.29, 0.717) is 0 Å². The molecule has 0 saturated heterocycles. The molecule has 41 heavy (non-hydrogen) atoms. The standard InChI is InChI=1S/C39H36N2/c1-6-11-12-19-31-28-40(37(17-7-2)34(31)9-4)32-22-15-20-29(26-32)30-21-16-23-33(27-30)41-38(18-8-3)35(10-5)36-24-13-14-25-39(36)41/h6-28H,4-5H2,1-3H3/b11-6-,17-7-,18-8-,19-12-. The van der Waals surface area contributed by atoms with Crippen LogP contribution in [0, 0.1) is 0 Å². The van der Waals surface area contributed by atoms with Gasteiger partial charge in [-0.25, -0.2) is 0 Å². The molecule has 0 saturated carbocycles. The normalized spacial score (nSPS) is 12.1. The summed E-state index contributed by atoms with van der Waals surface area (Å²) >= 11 is 0. The largest absolute Gasteiger partial charge is 0.316 e. The quantitative estimate of drug-likeness (QED) is 0.167. The number of hydrogen-bond acceptors (Lipinski definition) is 0. The van der Waals surface area contributed by atoms with Gasteiger partial charge in [-0.2, -0.15) is 0 Å². The molecule has 2 heterocycles. The molecule has 2 heteroatoms. The average molecular weight is 533 g/mol. The molecule has 0 spiro atoms. The minimum atomic E-state index is 1.10. The number of aromatic nitrogens is 2. The van der Waals surface area contributed by atoms with E-state index in [4.69, 9.17) is 0 Å². The number of benzene rings is 3. The van der Waals surface area contributed by atoms with E-state index < -0.39 is 0 Å². The van der Waals surface area contributed by atoms with Crippen molar-refractivity contribution in [3.05, 3.63) is 151 Å². The van der Waals surface area contributed by atoms with Gasteiger partial charge in [0.15, 0.2) is 0 Å². The minimum Gasteiger partial charge on any atom is -0.316 e. The Balaban J connectivity index is 1.65. The van der Waals surface area contributed by atoms with Crippen LogP contribution in [0.1, 0.15) is 48.8 Å². The maximum atomic E-state index is 4.12. The van der Waals surface area contributed by atoms with Crippen molar-refractivity contribution in [2.24, 2.45) is 0 Å². The van der Waals surface area contributed by atoms with Gasteiger partial charge in [0.25, 0.3) is 0 Å². The second kappa shape index (κ2) is 12.4. The van der Waals surface area contributed by atoms with Crippen LogP contribution in [0.15, 0.2) is 123 Å². The molecule has 0 aliphatic carbocycles. The highest BCUT2D eigenvalue weighted by atomic mass is 15.0. The highest BCUT2D eigenvalue weighted by molar-refractivity contribution is 5.95. The first-order valence-electron chi connectivity index (χ1n) is 14.0. The maximum absolute atomic E-state index is 4.12. The zero-order valence-electron chi connectivity index (χ0n) is 24.1. The smallest absolute Gasteiger partial charge is 0.0541 e. The van der Waals surface area contributed by atoms with E-state index in [1.54, 1.807) is 0 Å². The van der Waals surface area contributed by atoms with Crippen LogP contribution in [-0.4, -0.2) is 9.13 Å². The third-order valence-corrected chi connectivity index (χ3v) is 7.27. The van der Waals surface area contributed by atoms with Crippen molar-refractivity contribution in [1.29, 1.82) is 0 Å². The monoisotopic (exact) mass is 532 g/mol. The maximum Gasteiger partial charge on any atom is 0.0541 e. The van der Waals surface area contributed by atoms with Crippen molar-refractivity contribution < 1.29 is 0 Å². The second-order valence-electron chi connectivity index (χ2n) is 9.80. The van der Waals surface area contributed by atoms with E-state index in [1.165, 1.54) is 10.9 Å². The van der Waals surface area contributed by atoms with Crippen molar-refractivity contribution >= 4 is 41.3 Å². The zero-order chi connectivity index (χ0) is 28.8. The summed E-state index contributed by atoms with van der Waals surface area (Å²) < 4.78 is 4.58. The van der Waals surface area contributed by atoms with Gasteiger partial charge < -0.3 is 9.13 Å². The lowest BCUT2D eigenvalue weighted by molar-refractivity contribution is 1.06. The first-order chi connectivity index (χ1) is 20.1. The molecule has 5 rings (SSSR count). The number of para-hydroxylation sites is 1. The number of fused-ring (bicyclic) bond motifs is 1. The molecule has 0 N–H and O–H groups in total. The van der Waals surface area contributed by atoms with E-state index in [-0.39, 0.29) is 0 Å². The second-order valence-corrected chi connectivity index (χ2v) is 9.80. The zero-order valence-corrected chi connectivity index (χ0v) is 24.1. The molecule has 2 nitrogen and oxygen atoms in total. The van der Waals surface area contributed by atoms with Crippen molar-refractivity contribution in [3.63, 3.8) is 0 Å². The topological polar surface area (TPSA) is 9.86 Å². The van der Waals surface area contributed by atoms with Crippen LogP contribution < -0.4 is 0 Å². The molecule has 0 radical (unpaired) electrons. The van der Waals surface area contributed by atoms with Gasteiger partial charge in [-0.15, -0.1) is 0 Å². The van der Waals surface area contributed by atoms with Gasteiger partial charge in [-0.3, -0.25) is 0 Å². The molecule has 202 valence electrons. The molecule has 2 aromatic heterocycles.